The quantitative estimate of drug-likeness (QED) is 0.144. The third-order valence-corrected chi connectivity index (χ3v) is 13.2. The smallest absolute Gasteiger partial charge is 0.335 e. The van der Waals surface area contributed by atoms with Crippen LogP contribution < -0.4 is 10.6 Å². The molecule has 9 rings (SSSR count). The van der Waals surface area contributed by atoms with Crippen molar-refractivity contribution in [2.45, 2.75) is 75.8 Å². The molecule has 292 valence electrons. The largest absolute Gasteiger partial charge is 0.478 e. The summed E-state index contributed by atoms with van der Waals surface area (Å²) in [5, 5.41) is 16.9. The van der Waals surface area contributed by atoms with Crippen molar-refractivity contribution >= 4 is 57.1 Å². The van der Waals surface area contributed by atoms with Crippen LogP contribution >= 0.6 is 11.3 Å². The number of carboxylic acid groups (broad SMARTS) is 1. The number of anilines is 1. The molecule has 4 heterocycles. The third kappa shape index (κ3) is 7.05. The average Bonchev–Trinajstić information content (AvgIpc) is 3.97. The lowest BCUT2D eigenvalue weighted by molar-refractivity contribution is -0.131. The van der Waals surface area contributed by atoms with Gasteiger partial charge in [0.1, 0.15) is 5.54 Å². The number of carbonyl (C=O) groups is 4. The second kappa shape index (κ2) is 15.4. The van der Waals surface area contributed by atoms with Crippen LogP contribution in [0.4, 0.5) is 5.13 Å². The number of nitrogens with one attached hydrogen (secondary N) is 2. The number of morpholine rings is 1. The normalized spacial score (nSPS) is 18.0. The molecule has 0 spiro atoms. The maximum Gasteiger partial charge on any atom is 0.335 e. The lowest BCUT2D eigenvalue weighted by atomic mass is 9.81. The second-order valence-electron chi connectivity index (χ2n) is 15.7. The van der Waals surface area contributed by atoms with Gasteiger partial charge in [0.15, 0.2) is 5.13 Å². The highest BCUT2D eigenvalue weighted by Crippen LogP contribution is 2.47. The number of aromatic carboxylic acids is 1. The molecule has 2 aliphatic carbocycles. The molecule has 3 fully saturated rings. The first-order chi connectivity index (χ1) is 27.8. The molecule has 0 atom stereocenters. The average molecular weight is 784 g/mol. The Labute approximate surface area is 334 Å². The zero-order chi connectivity index (χ0) is 39.1. The van der Waals surface area contributed by atoms with Crippen LogP contribution in [-0.2, 0) is 20.9 Å². The number of fused-ring (bicyclic) bond motifs is 5. The number of hydrogen-bond acceptors (Lipinski definition) is 7. The molecule has 0 radical (unpaired) electrons. The standard InChI is InChI=1S/C45H45N5O6S/c51-40(48-45(18-6-7-19-45)43(55)47-44-46-26-37(57-44)28-12-14-30(15-13-28)42(53)54)32-16-17-35-36(25-32)50-27-33(41(52)49-20-22-56-23-21-49)24-31-10-4-5-11-34(31)39(50)38(35)29-8-2-1-3-9-29/h4-5,10-17,24-26,29H,1-3,6-9,18-23,27H2,(H,48,51)(H,53,54)(H,46,47,55). The number of aromatic nitrogens is 2. The third-order valence-electron chi connectivity index (χ3n) is 12.2. The van der Waals surface area contributed by atoms with Gasteiger partial charge in [-0.2, -0.15) is 0 Å². The minimum Gasteiger partial charge on any atom is -0.478 e. The minimum absolute atomic E-state index is 0.00791. The molecule has 1 saturated heterocycles. The van der Waals surface area contributed by atoms with Crippen LogP contribution in [0.3, 0.4) is 0 Å². The van der Waals surface area contributed by atoms with Crippen LogP contribution in [0.15, 0.2) is 78.5 Å². The Morgan fingerprint density at radius 1 is 0.877 bits per heavy atom. The number of hydrogen-bond donors (Lipinski definition) is 3. The predicted molar refractivity (Wildman–Crippen MR) is 220 cm³/mol. The van der Waals surface area contributed by atoms with E-state index in [0.717, 1.165) is 63.8 Å². The van der Waals surface area contributed by atoms with Crippen LogP contribution in [0.25, 0.3) is 38.7 Å². The van der Waals surface area contributed by atoms with E-state index in [4.69, 9.17) is 4.74 Å². The number of ether oxygens (including phenoxy) is 1. The Morgan fingerprint density at radius 2 is 1.61 bits per heavy atom. The van der Waals surface area contributed by atoms with Gasteiger partial charge in [0.2, 0.25) is 0 Å². The first-order valence-electron chi connectivity index (χ1n) is 20.0. The predicted octanol–water partition coefficient (Wildman–Crippen LogP) is 8.11. The summed E-state index contributed by atoms with van der Waals surface area (Å²) in [4.78, 5) is 61.0. The molecule has 2 saturated carbocycles. The Balaban J connectivity index is 1.04. The van der Waals surface area contributed by atoms with E-state index in [-0.39, 0.29) is 23.3 Å². The van der Waals surface area contributed by atoms with Gasteiger partial charge in [0.25, 0.3) is 17.7 Å². The van der Waals surface area contributed by atoms with Crippen molar-refractivity contribution in [3.63, 3.8) is 0 Å². The van der Waals surface area contributed by atoms with Gasteiger partial charge in [-0.15, -0.1) is 0 Å². The Hall–Kier alpha value is -5.59. The summed E-state index contributed by atoms with van der Waals surface area (Å²) in [6.45, 7) is 2.52. The molecule has 5 aromatic rings. The fourth-order valence-corrected chi connectivity index (χ4v) is 10.1. The summed E-state index contributed by atoms with van der Waals surface area (Å²) < 4.78 is 7.83. The fraction of sp³-hybridized carbons (Fsp3) is 0.356. The van der Waals surface area contributed by atoms with Crippen molar-refractivity contribution in [1.82, 2.24) is 19.8 Å². The molecular formula is C45H45N5O6S. The molecule has 57 heavy (non-hydrogen) atoms. The molecule has 0 unspecified atom stereocenters. The maximum absolute atomic E-state index is 14.4. The van der Waals surface area contributed by atoms with E-state index >= 15 is 0 Å². The van der Waals surface area contributed by atoms with Gasteiger partial charge >= 0.3 is 5.97 Å². The number of thiazole rings is 1. The Kier molecular flexibility index (Phi) is 10.00. The van der Waals surface area contributed by atoms with Crippen LogP contribution in [-0.4, -0.2) is 75.1 Å². The summed E-state index contributed by atoms with van der Waals surface area (Å²) in [5.41, 5.74) is 6.48. The van der Waals surface area contributed by atoms with Crippen molar-refractivity contribution in [3.8, 4) is 21.7 Å². The summed E-state index contributed by atoms with van der Waals surface area (Å²) in [7, 11) is 0. The molecular weight excluding hydrogens is 739 g/mol. The van der Waals surface area contributed by atoms with Gasteiger partial charge < -0.3 is 24.6 Å². The van der Waals surface area contributed by atoms with Gasteiger partial charge in [0, 0.05) is 46.9 Å². The highest BCUT2D eigenvalue weighted by atomic mass is 32.1. The van der Waals surface area contributed by atoms with E-state index in [2.05, 4.69) is 50.5 Å². The molecule has 2 aromatic heterocycles. The highest BCUT2D eigenvalue weighted by Gasteiger charge is 2.43. The molecule has 3 aromatic carbocycles. The molecule has 3 amide bonds. The van der Waals surface area contributed by atoms with Crippen molar-refractivity contribution in [1.29, 1.82) is 0 Å². The zero-order valence-corrected chi connectivity index (χ0v) is 32.5. The van der Waals surface area contributed by atoms with Crippen molar-refractivity contribution < 1.29 is 29.0 Å². The summed E-state index contributed by atoms with van der Waals surface area (Å²) in [6.07, 6.45) is 12.1. The first-order valence-corrected chi connectivity index (χ1v) is 20.9. The second-order valence-corrected chi connectivity index (χ2v) is 16.7. The summed E-state index contributed by atoms with van der Waals surface area (Å²) in [6, 6.07) is 20.8. The van der Waals surface area contributed by atoms with Gasteiger partial charge in [-0.25, -0.2) is 9.78 Å². The zero-order valence-electron chi connectivity index (χ0n) is 31.7. The van der Waals surface area contributed by atoms with Gasteiger partial charge in [-0.05, 0) is 78.6 Å². The highest BCUT2D eigenvalue weighted by molar-refractivity contribution is 7.19. The number of carbonyl (C=O) groups excluding carboxylic acids is 3. The molecule has 0 bridgehead atoms. The van der Waals surface area contributed by atoms with Gasteiger partial charge in [0.05, 0.1) is 35.9 Å². The van der Waals surface area contributed by atoms with E-state index in [1.165, 1.54) is 48.3 Å². The molecule has 3 N–H and O–H groups in total. The number of benzene rings is 3. The summed E-state index contributed by atoms with van der Waals surface area (Å²) >= 11 is 1.29. The van der Waals surface area contributed by atoms with Crippen LogP contribution in [0.1, 0.15) is 95.5 Å². The van der Waals surface area contributed by atoms with Crippen molar-refractivity contribution in [2.24, 2.45) is 0 Å². The maximum atomic E-state index is 14.4. The molecule has 4 aliphatic rings. The fourth-order valence-electron chi connectivity index (χ4n) is 9.25. The van der Waals surface area contributed by atoms with Crippen molar-refractivity contribution in [2.75, 3.05) is 31.6 Å². The van der Waals surface area contributed by atoms with E-state index < -0.39 is 11.5 Å². The summed E-state index contributed by atoms with van der Waals surface area (Å²) in [5.74, 6) is -1.25. The molecule has 2 aliphatic heterocycles. The van der Waals surface area contributed by atoms with Gasteiger partial charge in [-0.3, -0.25) is 19.7 Å². The lowest BCUT2D eigenvalue weighted by Gasteiger charge is -2.28. The topological polar surface area (TPSA) is 143 Å². The van der Waals surface area contributed by atoms with Crippen LogP contribution in [0.5, 0.6) is 0 Å². The van der Waals surface area contributed by atoms with Crippen LogP contribution in [0.2, 0.25) is 0 Å². The van der Waals surface area contributed by atoms with Crippen molar-refractivity contribution in [3.05, 3.63) is 101 Å². The Bertz CT molecular complexity index is 2410. The number of amides is 3. The van der Waals surface area contributed by atoms with E-state index in [0.29, 0.717) is 67.9 Å². The van der Waals surface area contributed by atoms with Crippen LogP contribution in [0, 0.1) is 0 Å². The van der Waals surface area contributed by atoms with E-state index in [1.807, 2.05) is 23.1 Å². The lowest BCUT2D eigenvalue weighted by Crippen LogP contribution is -2.55. The molecule has 12 heteroatoms. The first kappa shape index (κ1) is 37.0. The number of nitrogens with zero attached hydrogens (tertiary/aromatic N) is 3. The Morgan fingerprint density at radius 3 is 2.37 bits per heavy atom. The van der Waals surface area contributed by atoms with Gasteiger partial charge in [-0.1, -0.05) is 85.9 Å². The SMILES string of the molecule is O=C(O)c1ccc(-c2cnc(NC(=O)C3(NC(=O)c4ccc5c(C6CCCCC6)c6n(c5c4)CC(C(=O)N4CCOCC4)=Cc4ccccc4-6)CCCC3)s2)cc1. The monoisotopic (exact) mass is 783 g/mol. The minimum atomic E-state index is -1.11. The van der Waals surface area contributed by atoms with E-state index in [9.17, 15) is 24.3 Å². The van der Waals surface area contributed by atoms with E-state index in [1.54, 1.807) is 18.3 Å². The number of carboxylic acids is 1. The number of rotatable bonds is 8. The molecule has 11 nitrogen and oxygen atoms in total.